The second-order valence-electron chi connectivity index (χ2n) is 3.86. The molecule has 0 aliphatic carbocycles. The fourth-order valence-electron chi connectivity index (χ4n) is 1.84. The molecule has 0 saturated heterocycles. The van der Waals surface area contributed by atoms with Gasteiger partial charge in [0.1, 0.15) is 10.7 Å². The van der Waals surface area contributed by atoms with E-state index in [0.29, 0.717) is 11.1 Å². The van der Waals surface area contributed by atoms with Crippen LogP contribution in [0.4, 0.5) is 4.39 Å². The van der Waals surface area contributed by atoms with Crippen LogP contribution in [0.5, 0.6) is 0 Å². The minimum absolute atomic E-state index is 0.204. The molecule has 1 aliphatic heterocycles. The second kappa shape index (κ2) is 3.68. The van der Waals surface area contributed by atoms with Gasteiger partial charge in [-0.25, -0.2) is 12.8 Å². The van der Waals surface area contributed by atoms with Crippen molar-refractivity contribution < 1.29 is 17.9 Å². The first-order chi connectivity index (χ1) is 7.42. The molecular formula is C11H11FO3S. The van der Waals surface area contributed by atoms with Crippen LogP contribution in [0, 0.1) is 5.82 Å². The summed E-state index contributed by atoms with van der Waals surface area (Å²) < 4.78 is 36.8. The Morgan fingerprint density at radius 3 is 2.75 bits per heavy atom. The van der Waals surface area contributed by atoms with Gasteiger partial charge < -0.3 is 5.11 Å². The van der Waals surface area contributed by atoms with Crippen molar-refractivity contribution in [1.82, 2.24) is 0 Å². The van der Waals surface area contributed by atoms with Crippen LogP contribution >= 0.6 is 0 Å². The summed E-state index contributed by atoms with van der Waals surface area (Å²) in [5.41, 5.74) is 0.824. The SMILES string of the molecule is CC(O)CC1=CS(=O)(=O)c2c(F)cccc21. The van der Waals surface area contributed by atoms with Crippen LogP contribution in [0.2, 0.25) is 0 Å². The number of sulfone groups is 1. The highest BCUT2D eigenvalue weighted by Gasteiger charge is 2.30. The Bertz CT molecular complexity index is 559. The van der Waals surface area contributed by atoms with Gasteiger partial charge in [-0.3, -0.25) is 0 Å². The molecule has 1 aromatic rings. The maximum Gasteiger partial charge on any atom is 0.203 e. The Labute approximate surface area is 93.1 Å². The average Bonchev–Trinajstić information content (AvgIpc) is 2.38. The fraction of sp³-hybridized carbons (Fsp3) is 0.273. The number of aliphatic hydroxyl groups is 1. The van der Waals surface area contributed by atoms with Crippen molar-refractivity contribution in [1.29, 1.82) is 0 Å². The lowest BCUT2D eigenvalue weighted by molar-refractivity contribution is 0.201. The van der Waals surface area contributed by atoms with Gasteiger partial charge in [0.25, 0.3) is 0 Å². The van der Waals surface area contributed by atoms with E-state index in [4.69, 9.17) is 0 Å². The third kappa shape index (κ3) is 1.76. The summed E-state index contributed by atoms with van der Waals surface area (Å²) in [5, 5.41) is 10.3. The fourth-order valence-corrected chi connectivity index (χ4v) is 3.40. The molecule has 86 valence electrons. The summed E-state index contributed by atoms with van der Waals surface area (Å²) >= 11 is 0. The molecule has 0 fully saturated rings. The highest BCUT2D eigenvalue weighted by Crippen LogP contribution is 2.37. The Morgan fingerprint density at radius 2 is 2.12 bits per heavy atom. The minimum Gasteiger partial charge on any atom is -0.393 e. The van der Waals surface area contributed by atoms with Crippen molar-refractivity contribution in [3.8, 4) is 0 Å². The quantitative estimate of drug-likeness (QED) is 0.859. The highest BCUT2D eigenvalue weighted by atomic mass is 32.2. The van der Waals surface area contributed by atoms with E-state index in [1.165, 1.54) is 6.07 Å². The van der Waals surface area contributed by atoms with E-state index in [9.17, 15) is 17.9 Å². The summed E-state index contributed by atoms with van der Waals surface area (Å²) in [4.78, 5) is -0.273. The summed E-state index contributed by atoms with van der Waals surface area (Å²) in [6, 6.07) is 4.14. The summed E-state index contributed by atoms with van der Waals surface area (Å²) in [5.74, 6) is -0.741. The number of halogens is 1. The molecule has 1 aromatic carbocycles. The third-order valence-corrected chi connectivity index (χ3v) is 3.99. The molecule has 16 heavy (non-hydrogen) atoms. The normalized spacial score (nSPS) is 19.1. The van der Waals surface area contributed by atoms with Crippen LogP contribution in [0.15, 0.2) is 28.5 Å². The molecule has 3 nitrogen and oxygen atoms in total. The van der Waals surface area contributed by atoms with Gasteiger partial charge in [-0.2, -0.15) is 0 Å². The first-order valence-corrected chi connectivity index (χ1v) is 6.39. The monoisotopic (exact) mass is 242 g/mol. The smallest absolute Gasteiger partial charge is 0.203 e. The van der Waals surface area contributed by atoms with Crippen molar-refractivity contribution in [3.63, 3.8) is 0 Å². The topological polar surface area (TPSA) is 54.4 Å². The van der Waals surface area contributed by atoms with Crippen LogP contribution < -0.4 is 0 Å². The number of aliphatic hydroxyl groups excluding tert-OH is 1. The molecule has 0 saturated carbocycles. The zero-order chi connectivity index (χ0) is 11.9. The number of benzene rings is 1. The van der Waals surface area contributed by atoms with Crippen LogP contribution in [0.1, 0.15) is 18.9 Å². The van der Waals surface area contributed by atoms with Crippen LogP contribution in [-0.2, 0) is 9.84 Å². The molecule has 0 amide bonds. The summed E-state index contributed by atoms with van der Waals surface area (Å²) in [7, 11) is -3.68. The van der Waals surface area contributed by atoms with Gasteiger partial charge in [0, 0.05) is 11.0 Å². The first kappa shape index (κ1) is 11.3. The molecule has 1 aliphatic rings. The maximum atomic E-state index is 13.4. The standard InChI is InChI=1S/C11H11FO3S/c1-7(13)5-8-6-16(14,15)11-9(8)3-2-4-10(11)12/h2-4,6-7,13H,5H2,1H3. The van der Waals surface area contributed by atoms with E-state index < -0.39 is 21.8 Å². The second-order valence-corrected chi connectivity index (χ2v) is 5.59. The first-order valence-electron chi connectivity index (χ1n) is 4.84. The molecule has 1 N–H and O–H groups in total. The van der Waals surface area contributed by atoms with E-state index >= 15 is 0 Å². The summed E-state index contributed by atoms with van der Waals surface area (Å²) in [6.45, 7) is 1.56. The summed E-state index contributed by atoms with van der Waals surface area (Å²) in [6.07, 6.45) is -0.453. The van der Waals surface area contributed by atoms with E-state index in [1.807, 2.05) is 0 Å². The predicted molar refractivity (Wildman–Crippen MR) is 57.9 cm³/mol. The van der Waals surface area contributed by atoms with Crippen molar-refractivity contribution in [3.05, 3.63) is 35.0 Å². The third-order valence-electron chi connectivity index (χ3n) is 2.41. The zero-order valence-corrected chi connectivity index (χ0v) is 9.46. The molecule has 0 radical (unpaired) electrons. The minimum atomic E-state index is -3.68. The average molecular weight is 242 g/mol. The van der Waals surface area contributed by atoms with Crippen molar-refractivity contribution in [2.75, 3.05) is 0 Å². The molecule has 2 rings (SSSR count). The number of fused-ring (bicyclic) bond motifs is 1. The molecule has 1 atom stereocenters. The number of hydrogen-bond donors (Lipinski definition) is 1. The van der Waals surface area contributed by atoms with E-state index in [-0.39, 0.29) is 11.3 Å². The van der Waals surface area contributed by atoms with Gasteiger partial charge in [-0.05, 0) is 25.0 Å². The Kier molecular flexibility index (Phi) is 2.59. The van der Waals surface area contributed by atoms with Gasteiger partial charge in [0.05, 0.1) is 6.10 Å². The predicted octanol–water partition coefficient (Wildman–Crippen LogP) is 1.72. The van der Waals surface area contributed by atoms with Crippen LogP contribution in [0.25, 0.3) is 5.57 Å². The largest absolute Gasteiger partial charge is 0.393 e. The van der Waals surface area contributed by atoms with Crippen LogP contribution in [-0.4, -0.2) is 19.6 Å². The van der Waals surface area contributed by atoms with Crippen molar-refractivity contribution in [2.45, 2.75) is 24.3 Å². The molecular weight excluding hydrogens is 231 g/mol. The van der Waals surface area contributed by atoms with Gasteiger partial charge >= 0.3 is 0 Å². The Balaban J connectivity index is 2.61. The number of rotatable bonds is 2. The van der Waals surface area contributed by atoms with E-state index in [1.54, 1.807) is 13.0 Å². The van der Waals surface area contributed by atoms with E-state index in [2.05, 4.69) is 0 Å². The van der Waals surface area contributed by atoms with Crippen molar-refractivity contribution in [2.24, 2.45) is 0 Å². The van der Waals surface area contributed by atoms with Crippen molar-refractivity contribution >= 4 is 15.4 Å². The zero-order valence-electron chi connectivity index (χ0n) is 8.64. The van der Waals surface area contributed by atoms with Gasteiger partial charge in [-0.1, -0.05) is 12.1 Å². The van der Waals surface area contributed by atoms with Gasteiger partial charge in [-0.15, -0.1) is 0 Å². The van der Waals surface area contributed by atoms with Gasteiger partial charge in [0.15, 0.2) is 0 Å². The molecule has 5 heteroatoms. The number of hydrogen-bond acceptors (Lipinski definition) is 3. The molecule has 0 aromatic heterocycles. The molecule has 0 spiro atoms. The lowest BCUT2D eigenvalue weighted by Crippen LogP contribution is -2.00. The molecule has 1 heterocycles. The molecule has 1 unspecified atom stereocenters. The molecule has 0 bridgehead atoms. The maximum absolute atomic E-state index is 13.4. The highest BCUT2D eigenvalue weighted by molar-refractivity contribution is 7.95. The Morgan fingerprint density at radius 1 is 1.44 bits per heavy atom. The van der Waals surface area contributed by atoms with Gasteiger partial charge in [0.2, 0.25) is 9.84 Å². The lowest BCUT2D eigenvalue weighted by atomic mass is 10.0. The van der Waals surface area contributed by atoms with Crippen LogP contribution in [0.3, 0.4) is 0 Å². The lowest BCUT2D eigenvalue weighted by Gasteiger charge is -2.06. The Hall–Kier alpha value is -1.20. The van der Waals surface area contributed by atoms with E-state index in [0.717, 1.165) is 11.5 Å².